The maximum atomic E-state index is 13.0. The molecular formula is C18H21N3O4S. The minimum Gasteiger partial charge on any atom is -0.497 e. The van der Waals surface area contributed by atoms with E-state index in [-0.39, 0.29) is 18.4 Å². The molecule has 1 aromatic carbocycles. The molecule has 1 aliphatic carbocycles. The van der Waals surface area contributed by atoms with E-state index >= 15 is 0 Å². The molecule has 1 saturated carbocycles. The van der Waals surface area contributed by atoms with Crippen molar-refractivity contribution in [3.05, 3.63) is 35.3 Å². The molecular weight excluding hydrogens is 354 g/mol. The van der Waals surface area contributed by atoms with Crippen molar-refractivity contribution in [1.82, 2.24) is 9.88 Å². The average Bonchev–Trinajstić information content (AvgIpc) is 3.33. The van der Waals surface area contributed by atoms with Crippen molar-refractivity contribution in [2.45, 2.75) is 12.8 Å². The zero-order valence-corrected chi connectivity index (χ0v) is 15.5. The quantitative estimate of drug-likeness (QED) is 0.767. The normalized spacial score (nSPS) is 13.2. The molecule has 8 heteroatoms. The Morgan fingerprint density at radius 1 is 1.31 bits per heavy atom. The van der Waals surface area contributed by atoms with Crippen LogP contribution >= 0.6 is 11.3 Å². The van der Waals surface area contributed by atoms with Gasteiger partial charge in [-0.2, -0.15) is 0 Å². The molecule has 1 heterocycles. The van der Waals surface area contributed by atoms with Crippen molar-refractivity contribution in [2.75, 3.05) is 32.6 Å². The van der Waals surface area contributed by atoms with Crippen LogP contribution < -0.4 is 14.8 Å². The van der Waals surface area contributed by atoms with Crippen LogP contribution in [0.25, 0.3) is 0 Å². The fourth-order valence-electron chi connectivity index (χ4n) is 2.59. The zero-order valence-electron chi connectivity index (χ0n) is 14.7. The second-order valence-corrected chi connectivity index (χ2v) is 6.98. The van der Waals surface area contributed by atoms with Crippen molar-refractivity contribution in [1.29, 1.82) is 0 Å². The standard InChI is InChI=1S/C18H21N3O4S/c1-24-13-5-6-14(15(9-13)25-2)17(23)21(10-12-3-4-12)11-16(22)20-18-19-7-8-26-18/h5-9,12H,3-4,10-11H2,1-2H3,(H,19,20,22). The summed E-state index contributed by atoms with van der Waals surface area (Å²) in [5.74, 6) is 0.993. The third-order valence-electron chi connectivity index (χ3n) is 4.11. The van der Waals surface area contributed by atoms with E-state index in [2.05, 4.69) is 10.3 Å². The molecule has 0 atom stereocenters. The Labute approximate surface area is 155 Å². The number of thiazole rings is 1. The Kier molecular flexibility index (Phi) is 5.72. The largest absolute Gasteiger partial charge is 0.497 e. The number of anilines is 1. The van der Waals surface area contributed by atoms with Crippen LogP contribution in [0.3, 0.4) is 0 Å². The van der Waals surface area contributed by atoms with Crippen LogP contribution in [-0.2, 0) is 4.79 Å². The third-order valence-corrected chi connectivity index (χ3v) is 4.80. The highest BCUT2D eigenvalue weighted by Crippen LogP contribution is 2.31. The van der Waals surface area contributed by atoms with Gasteiger partial charge in [-0.25, -0.2) is 4.98 Å². The highest BCUT2D eigenvalue weighted by molar-refractivity contribution is 7.13. The van der Waals surface area contributed by atoms with Gasteiger partial charge < -0.3 is 19.7 Å². The van der Waals surface area contributed by atoms with Gasteiger partial charge in [0.05, 0.1) is 19.8 Å². The summed E-state index contributed by atoms with van der Waals surface area (Å²) in [6, 6.07) is 5.04. The number of amides is 2. The van der Waals surface area contributed by atoms with E-state index in [1.54, 1.807) is 41.8 Å². The van der Waals surface area contributed by atoms with Gasteiger partial charge in [0, 0.05) is 24.2 Å². The van der Waals surface area contributed by atoms with Gasteiger partial charge >= 0.3 is 0 Å². The number of nitrogens with one attached hydrogen (secondary N) is 1. The molecule has 138 valence electrons. The Morgan fingerprint density at radius 2 is 2.12 bits per heavy atom. The molecule has 0 bridgehead atoms. The zero-order chi connectivity index (χ0) is 18.5. The number of carbonyl (C=O) groups is 2. The lowest BCUT2D eigenvalue weighted by Crippen LogP contribution is -2.39. The molecule has 26 heavy (non-hydrogen) atoms. The number of hydrogen-bond acceptors (Lipinski definition) is 6. The number of methoxy groups -OCH3 is 2. The lowest BCUT2D eigenvalue weighted by atomic mass is 10.1. The Hall–Kier alpha value is -2.61. The van der Waals surface area contributed by atoms with Crippen LogP contribution in [0.1, 0.15) is 23.2 Å². The van der Waals surface area contributed by atoms with Gasteiger partial charge in [-0.15, -0.1) is 11.3 Å². The maximum Gasteiger partial charge on any atom is 0.258 e. The number of hydrogen-bond donors (Lipinski definition) is 1. The SMILES string of the molecule is COc1ccc(C(=O)N(CC(=O)Nc2nccs2)CC2CC2)c(OC)c1. The van der Waals surface area contributed by atoms with Crippen molar-refractivity contribution in [3.8, 4) is 11.5 Å². The van der Waals surface area contributed by atoms with Crippen molar-refractivity contribution < 1.29 is 19.1 Å². The van der Waals surface area contributed by atoms with E-state index in [4.69, 9.17) is 9.47 Å². The van der Waals surface area contributed by atoms with E-state index < -0.39 is 0 Å². The first kappa shape index (κ1) is 18.2. The van der Waals surface area contributed by atoms with E-state index in [0.29, 0.717) is 34.7 Å². The van der Waals surface area contributed by atoms with Crippen LogP contribution in [0.15, 0.2) is 29.8 Å². The highest BCUT2D eigenvalue weighted by Gasteiger charge is 2.30. The molecule has 0 radical (unpaired) electrons. The molecule has 1 aromatic heterocycles. The number of nitrogens with zero attached hydrogens (tertiary/aromatic N) is 2. The Balaban J connectivity index is 1.76. The van der Waals surface area contributed by atoms with Gasteiger partial charge in [0.2, 0.25) is 5.91 Å². The summed E-state index contributed by atoms with van der Waals surface area (Å²) < 4.78 is 10.5. The van der Waals surface area contributed by atoms with Crippen LogP contribution in [0.5, 0.6) is 11.5 Å². The van der Waals surface area contributed by atoms with E-state index in [1.807, 2.05) is 0 Å². The molecule has 0 unspecified atom stereocenters. The van der Waals surface area contributed by atoms with Crippen LogP contribution in [0, 0.1) is 5.92 Å². The average molecular weight is 375 g/mol. The summed E-state index contributed by atoms with van der Waals surface area (Å²) in [4.78, 5) is 31.0. The molecule has 0 aliphatic heterocycles. The summed E-state index contributed by atoms with van der Waals surface area (Å²) in [6.07, 6.45) is 3.78. The fourth-order valence-corrected chi connectivity index (χ4v) is 3.14. The number of ether oxygens (including phenoxy) is 2. The topological polar surface area (TPSA) is 80.8 Å². The molecule has 3 rings (SSSR count). The lowest BCUT2D eigenvalue weighted by molar-refractivity contribution is -0.116. The molecule has 1 N–H and O–H groups in total. The molecule has 0 spiro atoms. The molecule has 1 aliphatic rings. The van der Waals surface area contributed by atoms with Crippen molar-refractivity contribution in [3.63, 3.8) is 0 Å². The monoisotopic (exact) mass is 375 g/mol. The van der Waals surface area contributed by atoms with Crippen LogP contribution in [-0.4, -0.2) is 49.0 Å². The molecule has 0 saturated heterocycles. The Bertz CT molecular complexity index is 775. The van der Waals surface area contributed by atoms with Gasteiger partial charge in [0.1, 0.15) is 18.0 Å². The number of carbonyl (C=O) groups excluding carboxylic acids is 2. The lowest BCUT2D eigenvalue weighted by Gasteiger charge is -2.23. The number of rotatable bonds is 8. The first-order valence-electron chi connectivity index (χ1n) is 8.31. The van der Waals surface area contributed by atoms with Gasteiger partial charge in [-0.1, -0.05) is 0 Å². The first-order valence-corrected chi connectivity index (χ1v) is 9.19. The fraction of sp³-hybridized carbons (Fsp3) is 0.389. The molecule has 2 amide bonds. The van der Waals surface area contributed by atoms with E-state index in [1.165, 1.54) is 18.4 Å². The third kappa shape index (κ3) is 4.51. The summed E-state index contributed by atoms with van der Waals surface area (Å²) >= 11 is 1.34. The minimum absolute atomic E-state index is 0.0237. The summed E-state index contributed by atoms with van der Waals surface area (Å²) in [5, 5.41) is 5.03. The second-order valence-electron chi connectivity index (χ2n) is 6.08. The number of aromatic nitrogens is 1. The summed E-state index contributed by atoms with van der Waals surface area (Å²) in [5.41, 5.74) is 0.413. The highest BCUT2D eigenvalue weighted by atomic mass is 32.1. The van der Waals surface area contributed by atoms with Gasteiger partial charge in [-0.3, -0.25) is 9.59 Å². The van der Waals surface area contributed by atoms with E-state index in [0.717, 1.165) is 12.8 Å². The smallest absolute Gasteiger partial charge is 0.258 e. The predicted octanol–water partition coefficient (Wildman–Crippen LogP) is 2.65. The molecule has 7 nitrogen and oxygen atoms in total. The summed E-state index contributed by atoms with van der Waals surface area (Å²) in [7, 11) is 3.06. The first-order chi connectivity index (χ1) is 12.6. The predicted molar refractivity (Wildman–Crippen MR) is 98.9 cm³/mol. The van der Waals surface area contributed by atoms with E-state index in [9.17, 15) is 9.59 Å². The Morgan fingerprint density at radius 3 is 2.73 bits per heavy atom. The van der Waals surface area contributed by atoms with Gasteiger partial charge in [0.15, 0.2) is 5.13 Å². The van der Waals surface area contributed by atoms with Gasteiger partial charge in [0.25, 0.3) is 5.91 Å². The second kappa shape index (κ2) is 8.18. The maximum absolute atomic E-state index is 13.0. The van der Waals surface area contributed by atoms with Crippen LogP contribution in [0.2, 0.25) is 0 Å². The minimum atomic E-state index is -0.263. The van der Waals surface area contributed by atoms with Crippen molar-refractivity contribution in [2.24, 2.45) is 5.92 Å². The molecule has 2 aromatic rings. The van der Waals surface area contributed by atoms with Crippen molar-refractivity contribution >= 4 is 28.3 Å². The summed E-state index contributed by atoms with van der Waals surface area (Å²) in [6.45, 7) is 0.531. The van der Waals surface area contributed by atoms with Gasteiger partial charge in [-0.05, 0) is 30.9 Å². The molecule has 1 fully saturated rings. The van der Waals surface area contributed by atoms with Crippen LogP contribution in [0.4, 0.5) is 5.13 Å². The number of benzene rings is 1.